The van der Waals surface area contributed by atoms with E-state index in [1.165, 1.54) is 7.11 Å². The molecule has 2 aromatic rings. The number of hydrogen-bond donors (Lipinski definition) is 1. The molecular weight excluding hydrogens is 258 g/mol. The maximum Gasteiger partial charge on any atom is 0.373 e. The lowest BCUT2D eigenvalue weighted by molar-refractivity contribution is 0.0562. The highest BCUT2D eigenvalue weighted by Crippen LogP contribution is 2.40. The molecule has 2 N–H and O–H groups in total. The van der Waals surface area contributed by atoms with Crippen LogP contribution in [0.5, 0.6) is 5.75 Å². The van der Waals surface area contributed by atoms with Crippen molar-refractivity contribution >= 4 is 5.97 Å². The molecule has 0 radical (unpaired) electrons. The van der Waals surface area contributed by atoms with E-state index in [1.54, 1.807) is 12.1 Å². The van der Waals surface area contributed by atoms with Crippen LogP contribution < -0.4 is 10.5 Å². The van der Waals surface area contributed by atoms with Gasteiger partial charge in [0, 0.05) is 11.5 Å². The number of carbonyl (C=O) groups is 1. The van der Waals surface area contributed by atoms with E-state index in [-0.39, 0.29) is 17.7 Å². The van der Waals surface area contributed by atoms with Crippen LogP contribution in [0.3, 0.4) is 0 Å². The van der Waals surface area contributed by atoms with Gasteiger partial charge in [0.15, 0.2) is 0 Å². The zero-order valence-corrected chi connectivity index (χ0v) is 11.0. The first-order valence-electron chi connectivity index (χ1n) is 6.36. The minimum absolute atomic E-state index is 0.0165. The number of methoxy groups -OCH3 is 1. The molecule has 3 rings (SSSR count). The van der Waals surface area contributed by atoms with Crippen molar-refractivity contribution in [2.75, 3.05) is 13.7 Å². The molecule has 0 aliphatic carbocycles. The maximum absolute atomic E-state index is 11.4. The van der Waals surface area contributed by atoms with Gasteiger partial charge in [-0.15, -0.1) is 0 Å². The number of benzene rings is 1. The standard InChI is InChI=1S/C15H15NO4/c1-18-15(17)13-7-6-12(20-13)14(16)10-8-19-11-5-3-2-4-9(10)11/h2-7,10,14H,8,16H2,1H3. The molecule has 1 aromatic carbocycles. The van der Waals surface area contributed by atoms with E-state index in [1.807, 2.05) is 24.3 Å². The van der Waals surface area contributed by atoms with Gasteiger partial charge in [0.05, 0.1) is 19.8 Å². The topological polar surface area (TPSA) is 74.7 Å². The van der Waals surface area contributed by atoms with Crippen LogP contribution in [-0.2, 0) is 4.74 Å². The molecule has 2 atom stereocenters. The summed E-state index contributed by atoms with van der Waals surface area (Å²) in [5.74, 6) is 1.07. The third-order valence-electron chi connectivity index (χ3n) is 3.51. The van der Waals surface area contributed by atoms with Crippen molar-refractivity contribution in [2.24, 2.45) is 5.73 Å². The smallest absolute Gasteiger partial charge is 0.373 e. The fourth-order valence-electron chi connectivity index (χ4n) is 2.43. The number of hydrogen-bond acceptors (Lipinski definition) is 5. The lowest BCUT2D eigenvalue weighted by atomic mass is 9.92. The fraction of sp³-hybridized carbons (Fsp3) is 0.267. The Bertz CT molecular complexity index is 634. The van der Waals surface area contributed by atoms with E-state index in [0.717, 1.165) is 11.3 Å². The Morgan fingerprint density at radius 2 is 2.15 bits per heavy atom. The first-order chi connectivity index (χ1) is 9.70. The molecule has 1 aliphatic heterocycles. The average Bonchev–Trinajstić information content (AvgIpc) is 3.12. The highest BCUT2D eigenvalue weighted by Gasteiger charge is 2.32. The summed E-state index contributed by atoms with van der Waals surface area (Å²) < 4.78 is 15.7. The molecule has 0 bridgehead atoms. The number of ether oxygens (including phenoxy) is 2. The first kappa shape index (κ1) is 12.7. The number of carbonyl (C=O) groups excluding carboxylic acids is 1. The quantitative estimate of drug-likeness (QED) is 0.868. The van der Waals surface area contributed by atoms with Gasteiger partial charge in [-0.05, 0) is 18.2 Å². The molecule has 0 amide bonds. The van der Waals surface area contributed by atoms with Crippen LogP contribution in [0.4, 0.5) is 0 Å². The van der Waals surface area contributed by atoms with Gasteiger partial charge in [0.1, 0.15) is 11.5 Å². The van der Waals surface area contributed by atoms with Gasteiger partial charge >= 0.3 is 5.97 Å². The van der Waals surface area contributed by atoms with Gasteiger partial charge in [-0.25, -0.2) is 4.79 Å². The lowest BCUT2D eigenvalue weighted by Crippen LogP contribution is -2.20. The van der Waals surface area contributed by atoms with Crippen molar-refractivity contribution in [3.05, 3.63) is 53.5 Å². The van der Waals surface area contributed by atoms with Crippen LogP contribution in [0.1, 0.15) is 33.8 Å². The molecule has 0 saturated heterocycles. The maximum atomic E-state index is 11.4. The van der Waals surface area contributed by atoms with E-state index < -0.39 is 5.97 Å². The summed E-state index contributed by atoms with van der Waals surface area (Å²) in [6.45, 7) is 0.509. The molecule has 1 aromatic heterocycles. The number of fused-ring (bicyclic) bond motifs is 1. The van der Waals surface area contributed by atoms with Gasteiger partial charge in [-0.3, -0.25) is 0 Å². The summed E-state index contributed by atoms with van der Waals surface area (Å²) in [7, 11) is 1.31. The van der Waals surface area contributed by atoms with Crippen molar-refractivity contribution < 1.29 is 18.7 Å². The van der Waals surface area contributed by atoms with Crippen LogP contribution in [0.15, 0.2) is 40.8 Å². The van der Waals surface area contributed by atoms with Gasteiger partial charge in [-0.1, -0.05) is 18.2 Å². The third-order valence-corrected chi connectivity index (χ3v) is 3.51. The predicted molar refractivity (Wildman–Crippen MR) is 71.7 cm³/mol. The van der Waals surface area contributed by atoms with Crippen molar-refractivity contribution in [1.29, 1.82) is 0 Å². The van der Waals surface area contributed by atoms with Gasteiger partial charge in [0.2, 0.25) is 5.76 Å². The third kappa shape index (κ3) is 2.06. The predicted octanol–water partition coefficient (Wildman–Crippen LogP) is 2.24. The van der Waals surface area contributed by atoms with E-state index in [4.69, 9.17) is 14.9 Å². The minimum atomic E-state index is -0.508. The van der Waals surface area contributed by atoms with Crippen molar-refractivity contribution in [3.63, 3.8) is 0 Å². The zero-order chi connectivity index (χ0) is 14.1. The van der Waals surface area contributed by atoms with Crippen LogP contribution in [0, 0.1) is 0 Å². The monoisotopic (exact) mass is 273 g/mol. The number of esters is 1. The normalized spacial score (nSPS) is 18.2. The Labute approximate surface area is 116 Å². The summed E-state index contributed by atoms with van der Waals surface area (Å²) >= 11 is 0. The highest BCUT2D eigenvalue weighted by atomic mass is 16.5. The van der Waals surface area contributed by atoms with Crippen LogP contribution >= 0.6 is 0 Å². The molecule has 0 spiro atoms. The number of para-hydroxylation sites is 1. The Kier molecular flexibility index (Phi) is 3.20. The van der Waals surface area contributed by atoms with E-state index >= 15 is 0 Å². The van der Waals surface area contributed by atoms with E-state index in [0.29, 0.717) is 12.4 Å². The second-order valence-corrected chi connectivity index (χ2v) is 4.67. The Morgan fingerprint density at radius 3 is 2.95 bits per heavy atom. The average molecular weight is 273 g/mol. The Balaban J connectivity index is 1.85. The molecule has 20 heavy (non-hydrogen) atoms. The first-order valence-corrected chi connectivity index (χ1v) is 6.36. The Morgan fingerprint density at radius 1 is 1.35 bits per heavy atom. The molecule has 104 valence electrons. The molecule has 5 heteroatoms. The zero-order valence-electron chi connectivity index (χ0n) is 11.0. The summed E-state index contributed by atoms with van der Waals surface area (Å²) in [6, 6.07) is 10.7. The number of nitrogens with two attached hydrogens (primary N) is 1. The molecule has 5 nitrogen and oxygen atoms in total. The molecule has 0 fully saturated rings. The second-order valence-electron chi connectivity index (χ2n) is 4.67. The van der Waals surface area contributed by atoms with Gasteiger partial charge in [-0.2, -0.15) is 0 Å². The van der Waals surface area contributed by atoms with Crippen LogP contribution in [0.2, 0.25) is 0 Å². The van der Waals surface area contributed by atoms with Crippen molar-refractivity contribution in [1.82, 2.24) is 0 Å². The molecule has 1 aliphatic rings. The van der Waals surface area contributed by atoms with Crippen LogP contribution in [-0.4, -0.2) is 19.7 Å². The number of furan rings is 1. The van der Waals surface area contributed by atoms with Crippen LogP contribution in [0.25, 0.3) is 0 Å². The van der Waals surface area contributed by atoms with Crippen molar-refractivity contribution in [2.45, 2.75) is 12.0 Å². The summed E-state index contributed by atoms with van der Waals surface area (Å²) in [4.78, 5) is 11.4. The summed E-state index contributed by atoms with van der Waals surface area (Å²) in [6.07, 6.45) is 0. The second kappa shape index (κ2) is 5.02. The van der Waals surface area contributed by atoms with Crippen molar-refractivity contribution in [3.8, 4) is 5.75 Å². The minimum Gasteiger partial charge on any atom is -0.493 e. The summed E-state index contributed by atoms with van der Waals surface area (Å²) in [5, 5.41) is 0. The highest BCUT2D eigenvalue weighted by molar-refractivity contribution is 5.86. The SMILES string of the molecule is COC(=O)c1ccc(C(N)C2COc3ccccc32)o1. The number of rotatable bonds is 3. The lowest BCUT2D eigenvalue weighted by Gasteiger charge is -2.15. The largest absolute Gasteiger partial charge is 0.493 e. The molecular formula is C15H15NO4. The van der Waals surface area contributed by atoms with Gasteiger partial charge in [0.25, 0.3) is 0 Å². The van der Waals surface area contributed by atoms with E-state index in [9.17, 15) is 4.79 Å². The molecule has 0 saturated carbocycles. The Hall–Kier alpha value is -2.27. The van der Waals surface area contributed by atoms with E-state index in [2.05, 4.69) is 4.74 Å². The fourth-order valence-corrected chi connectivity index (χ4v) is 2.43. The molecule has 2 unspecified atom stereocenters. The molecule has 2 heterocycles. The summed E-state index contributed by atoms with van der Waals surface area (Å²) in [5.41, 5.74) is 7.31. The van der Waals surface area contributed by atoms with Gasteiger partial charge < -0.3 is 19.6 Å².